The zero-order valence-corrected chi connectivity index (χ0v) is 13.1. The lowest BCUT2D eigenvalue weighted by Gasteiger charge is -2.34. The minimum atomic E-state index is -0.230. The molecule has 0 radical (unpaired) electrons. The molecule has 0 atom stereocenters. The Morgan fingerprint density at radius 1 is 1.29 bits per heavy atom. The highest BCUT2D eigenvalue weighted by Gasteiger charge is 2.24. The van der Waals surface area contributed by atoms with Crippen LogP contribution in [-0.4, -0.2) is 43.0 Å². The Morgan fingerprint density at radius 2 is 1.90 bits per heavy atom. The van der Waals surface area contributed by atoms with Gasteiger partial charge in [-0.1, -0.05) is 44.2 Å². The topological polar surface area (TPSA) is 58.4 Å². The number of nitrogens with one attached hydrogen (secondary N) is 1. The number of carbonyl (C=O) groups excluding carboxylic acids is 1. The van der Waals surface area contributed by atoms with Crippen molar-refractivity contribution in [2.24, 2.45) is 5.73 Å². The van der Waals surface area contributed by atoms with Gasteiger partial charge >= 0.3 is 0 Å². The number of nitrogens with zero attached hydrogens (tertiary/aromatic N) is 1. The van der Waals surface area contributed by atoms with E-state index in [9.17, 15) is 4.79 Å². The standard InChI is InChI=1S/C17H27N3O/c1-17(2,14-6-4-3-5-7-14)13-19-15-8-10-20(11-9-15)12-16(18)21/h3-7,15,19H,8-13H2,1-2H3,(H2,18,21). The number of nitrogens with two attached hydrogens (primary N) is 1. The van der Waals surface area contributed by atoms with Gasteiger partial charge in [-0.25, -0.2) is 0 Å². The van der Waals surface area contributed by atoms with Crippen LogP contribution in [0.4, 0.5) is 0 Å². The van der Waals surface area contributed by atoms with Gasteiger partial charge in [-0.3, -0.25) is 9.69 Å². The summed E-state index contributed by atoms with van der Waals surface area (Å²) in [7, 11) is 0. The van der Waals surface area contributed by atoms with Gasteiger partial charge in [-0.2, -0.15) is 0 Å². The number of primary amides is 1. The lowest BCUT2D eigenvalue weighted by molar-refractivity contribution is -0.119. The van der Waals surface area contributed by atoms with Crippen LogP contribution in [-0.2, 0) is 10.2 Å². The van der Waals surface area contributed by atoms with Gasteiger partial charge in [0.25, 0.3) is 0 Å². The molecule has 0 bridgehead atoms. The van der Waals surface area contributed by atoms with Crippen LogP contribution in [0.5, 0.6) is 0 Å². The number of piperidine rings is 1. The van der Waals surface area contributed by atoms with Crippen molar-refractivity contribution >= 4 is 5.91 Å². The first-order valence-corrected chi connectivity index (χ1v) is 7.77. The molecule has 1 fully saturated rings. The van der Waals surface area contributed by atoms with Crippen molar-refractivity contribution in [3.05, 3.63) is 35.9 Å². The molecule has 4 heteroatoms. The Bertz CT molecular complexity index is 450. The van der Waals surface area contributed by atoms with E-state index in [1.165, 1.54) is 5.56 Å². The van der Waals surface area contributed by atoms with Crippen molar-refractivity contribution in [3.63, 3.8) is 0 Å². The third kappa shape index (κ3) is 4.83. The highest BCUT2D eigenvalue weighted by molar-refractivity contribution is 5.75. The van der Waals surface area contributed by atoms with E-state index in [2.05, 4.69) is 54.4 Å². The number of rotatable bonds is 6. The number of hydrogen-bond acceptors (Lipinski definition) is 3. The minimum absolute atomic E-state index is 0.131. The molecule has 3 N–H and O–H groups in total. The van der Waals surface area contributed by atoms with E-state index in [1.807, 2.05) is 0 Å². The Morgan fingerprint density at radius 3 is 2.48 bits per heavy atom. The van der Waals surface area contributed by atoms with Gasteiger partial charge in [0, 0.05) is 31.1 Å². The second-order valence-electron chi connectivity index (χ2n) is 6.65. The summed E-state index contributed by atoms with van der Waals surface area (Å²) >= 11 is 0. The molecule has 0 aromatic heterocycles. The van der Waals surface area contributed by atoms with E-state index >= 15 is 0 Å². The Kier molecular flexibility index (Phi) is 5.37. The lowest BCUT2D eigenvalue weighted by atomic mass is 9.84. The summed E-state index contributed by atoms with van der Waals surface area (Å²) in [6, 6.07) is 11.2. The van der Waals surface area contributed by atoms with Crippen molar-refractivity contribution in [2.75, 3.05) is 26.2 Å². The van der Waals surface area contributed by atoms with Crippen molar-refractivity contribution in [3.8, 4) is 0 Å². The summed E-state index contributed by atoms with van der Waals surface area (Å²) in [5.74, 6) is -0.230. The molecule has 1 aromatic carbocycles. The number of benzene rings is 1. The molecule has 1 aliphatic heterocycles. The van der Waals surface area contributed by atoms with Crippen LogP contribution >= 0.6 is 0 Å². The van der Waals surface area contributed by atoms with Crippen LogP contribution in [0.15, 0.2) is 30.3 Å². The quantitative estimate of drug-likeness (QED) is 0.834. The Labute approximate surface area is 127 Å². The summed E-state index contributed by atoms with van der Waals surface area (Å²) in [5, 5.41) is 3.69. The lowest BCUT2D eigenvalue weighted by Crippen LogP contribution is -2.47. The third-order valence-electron chi connectivity index (χ3n) is 4.35. The summed E-state index contributed by atoms with van der Waals surface area (Å²) < 4.78 is 0. The maximum Gasteiger partial charge on any atom is 0.231 e. The summed E-state index contributed by atoms with van der Waals surface area (Å²) in [6.07, 6.45) is 2.16. The average Bonchev–Trinajstić information content (AvgIpc) is 2.47. The Balaban J connectivity index is 1.78. The summed E-state index contributed by atoms with van der Waals surface area (Å²) in [4.78, 5) is 13.1. The fourth-order valence-electron chi connectivity index (χ4n) is 2.91. The van der Waals surface area contributed by atoms with E-state index < -0.39 is 0 Å². The third-order valence-corrected chi connectivity index (χ3v) is 4.35. The van der Waals surface area contributed by atoms with E-state index in [0.29, 0.717) is 12.6 Å². The van der Waals surface area contributed by atoms with E-state index in [-0.39, 0.29) is 11.3 Å². The van der Waals surface area contributed by atoms with Crippen molar-refractivity contribution in [2.45, 2.75) is 38.1 Å². The zero-order valence-electron chi connectivity index (χ0n) is 13.1. The first-order chi connectivity index (χ1) is 9.97. The van der Waals surface area contributed by atoms with Crippen molar-refractivity contribution < 1.29 is 4.79 Å². The molecular weight excluding hydrogens is 262 g/mol. The first kappa shape index (κ1) is 16.0. The van der Waals surface area contributed by atoms with Gasteiger partial charge < -0.3 is 11.1 Å². The predicted molar refractivity (Wildman–Crippen MR) is 86.1 cm³/mol. The largest absolute Gasteiger partial charge is 0.369 e. The molecule has 1 aliphatic rings. The molecule has 0 aliphatic carbocycles. The molecule has 1 aromatic rings. The first-order valence-electron chi connectivity index (χ1n) is 7.77. The van der Waals surface area contributed by atoms with E-state index in [4.69, 9.17) is 5.73 Å². The van der Waals surface area contributed by atoms with Crippen LogP contribution < -0.4 is 11.1 Å². The SMILES string of the molecule is CC(C)(CNC1CCN(CC(N)=O)CC1)c1ccccc1. The molecule has 0 saturated carbocycles. The number of amides is 1. The second kappa shape index (κ2) is 7.05. The van der Waals surface area contributed by atoms with Gasteiger partial charge in [0.2, 0.25) is 5.91 Å². The van der Waals surface area contributed by atoms with Gasteiger partial charge in [0.05, 0.1) is 6.54 Å². The average molecular weight is 289 g/mol. The zero-order chi connectivity index (χ0) is 15.3. The van der Waals surface area contributed by atoms with Gasteiger partial charge in [-0.05, 0) is 18.4 Å². The maximum atomic E-state index is 10.9. The predicted octanol–water partition coefficient (Wildman–Crippen LogP) is 1.50. The minimum Gasteiger partial charge on any atom is -0.369 e. The normalized spacial score (nSPS) is 17.8. The smallest absolute Gasteiger partial charge is 0.231 e. The van der Waals surface area contributed by atoms with Gasteiger partial charge in [0.1, 0.15) is 0 Å². The molecule has 1 saturated heterocycles. The highest BCUT2D eigenvalue weighted by atomic mass is 16.1. The maximum absolute atomic E-state index is 10.9. The van der Waals surface area contributed by atoms with Crippen molar-refractivity contribution in [1.29, 1.82) is 0 Å². The van der Waals surface area contributed by atoms with Crippen LogP contribution in [0, 0.1) is 0 Å². The summed E-state index contributed by atoms with van der Waals surface area (Å²) in [6.45, 7) is 7.81. The number of likely N-dealkylation sites (tertiary alicyclic amines) is 1. The van der Waals surface area contributed by atoms with E-state index in [0.717, 1.165) is 32.5 Å². The molecule has 0 unspecified atom stereocenters. The summed E-state index contributed by atoms with van der Waals surface area (Å²) in [5.41, 5.74) is 6.74. The van der Waals surface area contributed by atoms with Crippen molar-refractivity contribution in [1.82, 2.24) is 10.2 Å². The molecule has 0 spiro atoms. The van der Waals surface area contributed by atoms with E-state index in [1.54, 1.807) is 0 Å². The molecule has 116 valence electrons. The molecule has 1 amide bonds. The fraction of sp³-hybridized carbons (Fsp3) is 0.588. The molecule has 21 heavy (non-hydrogen) atoms. The van der Waals surface area contributed by atoms with Crippen LogP contribution in [0.2, 0.25) is 0 Å². The van der Waals surface area contributed by atoms with Crippen LogP contribution in [0.25, 0.3) is 0 Å². The highest BCUT2D eigenvalue weighted by Crippen LogP contribution is 2.22. The van der Waals surface area contributed by atoms with Gasteiger partial charge in [0.15, 0.2) is 0 Å². The monoisotopic (exact) mass is 289 g/mol. The molecule has 1 heterocycles. The molecular formula is C17H27N3O. The van der Waals surface area contributed by atoms with Crippen LogP contribution in [0.3, 0.4) is 0 Å². The number of hydrogen-bond donors (Lipinski definition) is 2. The van der Waals surface area contributed by atoms with Crippen LogP contribution in [0.1, 0.15) is 32.3 Å². The fourth-order valence-corrected chi connectivity index (χ4v) is 2.91. The molecule has 4 nitrogen and oxygen atoms in total. The Hall–Kier alpha value is -1.39. The number of carbonyl (C=O) groups is 1. The second-order valence-corrected chi connectivity index (χ2v) is 6.65. The van der Waals surface area contributed by atoms with Gasteiger partial charge in [-0.15, -0.1) is 0 Å². The molecule has 2 rings (SSSR count).